The first-order valence-corrected chi connectivity index (χ1v) is 6.15. The van der Waals surface area contributed by atoms with E-state index in [0.29, 0.717) is 6.04 Å². The smallest absolute Gasteiger partial charge is 0.172 e. The summed E-state index contributed by atoms with van der Waals surface area (Å²) in [6.45, 7) is 9.00. The van der Waals surface area contributed by atoms with Crippen molar-refractivity contribution < 1.29 is 24.9 Å². The van der Waals surface area contributed by atoms with Gasteiger partial charge in [0.2, 0.25) is 0 Å². The topological polar surface area (TPSA) is 52.2 Å². The third-order valence-corrected chi connectivity index (χ3v) is 2.51. The zero-order chi connectivity index (χ0) is 14.1. The standard InChI is InChI=1S/C7H11N.C5H5.2CO.Mn/c1-8-7-5-3-2-4-6-7;1-2-4-5-3-1;2*1-2;/h7H,2-6H2;1-5H;;;/q;-1;;;. The zero-order valence-electron chi connectivity index (χ0n) is 10.1. The third kappa shape index (κ3) is 13.0. The fourth-order valence-electron chi connectivity index (χ4n) is 1.60. The first-order chi connectivity index (χ1) is 8.93. The summed E-state index contributed by atoms with van der Waals surface area (Å²) in [4.78, 5) is 4.15. The molecule has 3 nitrogen and oxygen atoms in total. The van der Waals surface area contributed by atoms with E-state index in [4.69, 9.17) is 9.30 Å². The molecule has 0 bridgehead atoms. The van der Waals surface area contributed by atoms with E-state index in [-0.39, 0.29) is 0 Å². The molecule has 97 valence electrons. The van der Waals surface area contributed by atoms with Crippen LogP contribution in [0, 0.1) is 13.3 Å². The quantitative estimate of drug-likeness (QED) is 0.329. The van der Waals surface area contributed by atoms with Crippen molar-refractivity contribution >= 4 is 4.71 Å². The Labute approximate surface area is 116 Å². The first kappa shape index (κ1) is 19.3. The molecule has 1 aliphatic carbocycles. The van der Waals surface area contributed by atoms with Crippen LogP contribution in [0.5, 0.6) is 0 Å². The Bertz CT molecular complexity index is 308. The molecule has 0 saturated heterocycles. The normalized spacial score (nSPS) is 12.9. The van der Waals surface area contributed by atoms with Crippen LogP contribution in [0.4, 0.5) is 0 Å². The van der Waals surface area contributed by atoms with Gasteiger partial charge in [-0.05, 0) is 0 Å². The molecule has 0 heterocycles. The van der Waals surface area contributed by atoms with Crippen molar-refractivity contribution in [1.82, 2.24) is 0 Å². The molecular weight excluding hydrogens is 269 g/mol. The van der Waals surface area contributed by atoms with Gasteiger partial charge in [0.15, 0.2) is 0 Å². The summed E-state index contributed by atoms with van der Waals surface area (Å²) in [5.41, 5.74) is 0. The van der Waals surface area contributed by atoms with Crippen molar-refractivity contribution in [3.8, 4) is 0 Å². The molecule has 1 fully saturated rings. The maximum absolute atomic E-state index is 7.50. The molecule has 1 aromatic rings. The minimum atomic E-state index is 0.568. The Morgan fingerprint density at radius 1 is 1.06 bits per heavy atom. The second kappa shape index (κ2) is 18.3. The van der Waals surface area contributed by atoms with Crippen LogP contribution in [0.25, 0.3) is 0 Å². The predicted molar refractivity (Wildman–Crippen MR) is 64.2 cm³/mol. The van der Waals surface area contributed by atoms with Crippen LogP contribution in [0.2, 0.25) is 0 Å². The van der Waals surface area contributed by atoms with Crippen LogP contribution in [-0.2, 0) is 24.9 Å². The monoisotopic (exact) mass is 285 g/mol. The molecule has 0 amide bonds. The van der Waals surface area contributed by atoms with Gasteiger partial charge in [-0.3, -0.25) is 0 Å². The van der Waals surface area contributed by atoms with Crippen molar-refractivity contribution in [1.29, 1.82) is 0 Å². The Morgan fingerprint density at radius 2 is 1.56 bits per heavy atom. The SMILES string of the molecule is [C-]#[O+].[C-]#[O+].[Mn]=[C]=NC1CCCCC1.c1cc[cH-]c1. The molecule has 2 rings (SSSR count). The van der Waals surface area contributed by atoms with Crippen molar-refractivity contribution in [3.63, 3.8) is 0 Å². The minimum absolute atomic E-state index is 0.568. The predicted octanol–water partition coefficient (Wildman–Crippen LogP) is 3.10. The van der Waals surface area contributed by atoms with Gasteiger partial charge in [0.1, 0.15) is 0 Å². The summed E-state index contributed by atoms with van der Waals surface area (Å²) >= 11 is 3.07. The van der Waals surface area contributed by atoms with Gasteiger partial charge in [-0.2, -0.15) is 18.2 Å². The minimum Gasteiger partial charge on any atom is -0.214 e. The number of aliphatic imine (C=N–C) groups is 1. The molecule has 4 heteroatoms. The number of rotatable bonds is 1. The average Bonchev–Trinajstić information content (AvgIpc) is 3.04. The molecule has 0 radical (unpaired) electrons. The van der Waals surface area contributed by atoms with Gasteiger partial charge >= 0.3 is 86.0 Å². The van der Waals surface area contributed by atoms with Gasteiger partial charge in [0.05, 0.1) is 0 Å². The maximum atomic E-state index is 7.50. The van der Waals surface area contributed by atoms with E-state index in [2.05, 4.69) is 38.6 Å². The van der Waals surface area contributed by atoms with Crippen LogP contribution in [0.15, 0.2) is 35.3 Å². The summed E-state index contributed by atoms with van der Waals surface area (Å²) in [6.07, 6.45) is 6.62. The Hall–Kier alpha value is -1.07. The molecule has 0 N–H and O–H groups in total. The molecule has 0 unspecified atom stereocenters. The second-order valence-corrected chi connectivity index (χ2v) is 3.73. The maximum Gasteiger partial charge on any atom is -0.172 e. The summed E-state index contributed by atoms with van der Waals surface area (Å²) < 4.78 is 17.7. The van der Waals surface area contributed by atoms with Crippen LogP contribution < -0.4 is 0 Å². The zero-order valence-corrected chi connectivity index (χ0v) is 11.3. The number of hydrogen-bond acceptors (Lipinski definition) is 1. The van der Waals surface area contributed by atoms with Crippen molar-refractivity contribution in [2.24, 2.45) is 4.99 Å². The van der Waals surface area contributed by atoms with E-state index in [1.165, 1.54) is 32.1 Å². The Balaban J connectivity index is 0. The van der Waals surface area contributed by atoms with Gasteiger partial charge in [-0.25, -0.2) is 12.1 Å². The summed E-state index contributed by atoms with van der Waals surface area (Å²) in [6, 6.07) is 10.6. The largest absolute Gasteiger partial charge is 0.214 e. The Morgan fingerprint density at radius 3 is 1.89 bits per heavy atom. The van der Waals surface area contributed by atoms with Crippen LogP contribution >= 0.6 is 0 Å². The molecule has 1 aromatic carbocycles. The van der Waals surface area contributed by atoms with Crippen molar-refractivity contribution in [2.75, 3.05) is 0 Å². The average molecular weight is 285 g/mol. The van der Waals surface area contributed by atoms with Gasteiger partial charge < -0.3 is 0 Å². The first-order valence-electron chi connectivity index (χ1n) is 5.56. The fraction of sp³-hybridized carbons (Fsp3) is 0.429. The number of hydrogen-bond donors (Lipinski definition) is 0. The van der Waals surface area contributed by atoms with E-state index < -0.39 is 0 Å². The molecule has 0 atom stereocenters. The van der Waals surface area contributed by atoms with E-state index in [1.807, 2.05) is 30.3 Å². The van der Waals surface area contributed by atoms with E-state index in [9.17, 15) is 0 Å². The van der Waals surface area contributed by atoms with Gasteiger partial charge in [0, 0.05) is 0 Å². The van der Waals surface area contributed by atoms with Crippen LogP contribution in [-0.4, -0.2) is 10.8 Å². The fourth-order valence-corrected chi connectivity index (χ4v) is 1.82. The Kier molecular flexibility index (Phi) is 19.6. The molecule has 0 aliphatic heterocycles. The second-order valence-electron chi connectivity index (χ2n) is 3.47. The van der Waals surface area contributed by atoms with Crippen molar-refractivity contribution in [3.05, 3.63) is 43.6 Å². The van der Waals surface area contributed by atoms with Crippen LogP contribution in [0.3, 0.4) is 0 Å². The summed E-state index contributed by atoms with van der Waals surface area (Å²) in [5, 5.41) is 0. The van der Waals surface area contributed by atoms with E-state index in [0.717, 1.165) is 0 Å². The molecule has 0 aromatic heterocycles. The van der Waals surface area contributed by atoms with Crippen molar-refractivity contribution in [2.45, 2.75) is 38.1 Å². The molecule has 18 heavy (non-hydrogen) atoms. The van der Waals surface area contributed by atoms with Crippen LogP contribution in [0.1, 0.15) is 32.1 Å². The van der Waals surface area contributed by atoms with E-state index in [1.54, 1.807) is 0 Å². The third-order valence-electron chi connectivity index (χ3n) is 2.36. The van der Waals surface area contributed by atoms with E-state index >= 15 is 0 Å². The summed E-state index contributed by atoms with van der Waals surface area (Å²) in [5.74, 6) is 0. The molecular formula is C14H16MnNO2-. The number of nitrogens with zero attached hydrogens (tertiary/aromatic N) is 1. The van der Waals surface area contributed by atoms with Gasteiger partial charge in [-0.1, -0.05) is 0 Å². The van der Waals surface area contributed by atoms with Gasteiger partial charge in [-0.15, -0.1) is 0 Å². The summed E-state index contributed by atoms with van der Waals surface area (Å²) in [7, 11) is 0. The van der Waals surface area contributed by atoms with Gasteiger partial charge in [0.25, 0.3) is 0 Å². The molecule has 1 saturated carbocycles. The molecule has 0 spiro atoms. The molecule has 1 aliphatic rings.